The van der Waals surface area contributed by atoms with Crippen molar-refractivity contribution in [2.24, 2.45) is 5.73 Å². The van der Waals surface area contributed by atoms with Crippen molar-refractivity contribution in [1.29, 1.82) is 0 Å². The third-order valence-electron chi connectivity index (χ3n) is 3.77. The lowest BCUT2D eigenvalue weighted by molar-refractivity contribution is -0.156. The molecule has 0 saturated heterocycles. The summed E-state index contributed by atoms with van der Waals surface area (Å²) in [6.45, 7) is 5.79. The Balaban J connectivity index is 2.38. The fraction of sp³-hybridized carbons (Fsp3) is 0.579. The summed E-state index contributed by atoms with van der Waals surface area (Å²) in [7, 11) is 1.68. The van der Waals surface area contributed by atoms with E-state index in [1.54, 1.807) is 40.0 Å². The molecule has 0 aromatic heterocycles. The number of esters is 1. The van der Waals surface area contributed by atoms with Crippen LogP contribution in [-0.4, -0.2) is 43.2 Å². The summed E-state index contributed by atoms with van der Waals surface area (Å²) in [5.41, 5.74) is 6.21. The molecule has 146 valence electrons. The van der Waals surface area contributed by atoms with Crippen molar-refractivity contribution in [2.45, 2.75) is 57.7 Å². The normalized spacial score (nSPS) is 13.8. The van der Waals surface area contributed by atoms with Crippen LogP contribution in [0.3, 0.4) is 0 Å². The van der Waals surface area contributed by atoms with E-state index in [-0.39, 0.29) is 11.7 Å². The van der Waals surface area contributed by atoms with Crippen molar-refractivity contribution in [3.63, 3.8) is 0 Å². The first-order chi connectivity index (χ1) is 12.1. The average molecular weight is 367 g/mol. The zero-order valence-corrected chi connectivity index (χ0v) is 16.0. The van der Waals surface area contributed by atoms with Gasteiger partial charge in [0.1, 0.15) is 17.5 Å². The van der Waals surface area contributed by atoms with E-state index in [0.717, 1.165) is 5.56 Å². The molecule has 2 atom stereocenters. The van der Waals surface area contributed by atoms with Crippen molar-refractivity contribution < 1.29 is 18.7 Å². The van der Waals surface area contributed by atoms with E-state index < -0.39 is 23.7 Å². The Hall–Kier alpha value is -1.99. The third kappa shape index (κ3) is 8.40. The summed E-state index contributed by atoms with van der Waals surface area (Å²) in [5.74, 6) is -0.913. The second-order valence-corrected chi connectivity index (χ2v) is 7.23. The van der Waals surface area contributed by atoms with Gasteiger partial charge in [-0.2, -0.15) is 0 Å². The van der Waals surface area contributed by atoms with Gasteiger partial charge in [-0.3, -0.25) is 9.59 Å². The molecule has 0 aliphatic heterocycles. The molecule has 0 aliphatic carbocycles. The first-order valence-electron chi connectivity index (χ1n) is 8.80. The molecule has 26 heavy (non-hydrogen) atoms. The largest absolute Gasteiger partial charge is 0.459 e. The molecule has 0 spiro atoms. The molecular formula is C19H30FN3O3. The highest BCUT2D eigenvalue weighted by atomic mass is 19.1. The second kappa shape index (κ2) is 10.2. The van der Waals surface area contributed by atoms with Crippen molar-refractivity contribution in [3.05, 3.63) is 35.6 Å². The number of hydrogen-bond acceptors (Lipinski definition) is 5. The van der Waals surface area contributed by atoms with Crippen molar-refractivity contribution in [3.8, 4) is 0 Å². The number of carbonyl (C=O) groups excluding carboxylic acids is 2. The molecule has 1 aromatic rings. The highest BCUT2D eigenvalue weighted by Gasteiger charge is 2.24. The molecule has 6 nitrogen and oxygen atoms in total. The molecule has 1 aromatic carbocycles. The first kappa shape index (κ1) is 22.1. The lowest BCUT2D eigenvalue weighted by atomic mass is 10.1. The highest BCUT2D eigenvalue weighted by molar-refractivity contribution is 5.82. The van der Waals surface area contributed by atoms with Gasteiger partial charge >= 0.3 is 5.97 Å². The van der Waals surface area contributed by atoms with Gasteiger partial charge < -0.3 is 21.1 Å². The summed E-state index contributed by atoms with van der Waals surface area (Å²) in [5, 5.41) is 5.77. The Morgan fingerprint density at radius 3 is 2.35 bits per heavy atom. The smallest absolute Gasteiger partial charge is 0.323 e. The van der Waals surface area contributed by atoms with Crippen molar-refractivity contribution in [2.75, 3.05) is 13.6 Å². The van der Waals surface area contributed by atoms with E-state index in [1.807, 2.05) is 0 Å². The van der Waals surface area contributed by atoms with Crippen molar-refractivity contribution in [1.82, 2.24) is 10.6 Å². The van der Waals surface area contributed by atoms with Crippen LogP contribution in [0.15, 0.2) is 24.3 Å². The van der Waals surface area contributed by atoms with Crippen LogP contribution in [0, 0.1) is 5.82 Å². The van der Waals surface area contributed by atoms with E-state index >= 15 is 0 Å². The van der Waals surface area contributed by atoms with Crippen LogP contribution in [-0.2, 0) is 20.7 Å². The van der Waals surface area contributed by atoms with Gasteiger partial charge in [0.2, 0.25) is 5.91 Å². The number of carbonyl (C=O) groups is 2. The number of nitrogens with one attached hydrogen (secondary N) is 2. The van der Waals surface area contributed by atoms with Crippen LogP contribution in [0.1, 0.15) is 39.2 Å². The summed E-state index contributed by atoms with van der Waals surface area (Å²) in [6, 6.07) is 4.96. The van der Waals surface area contributed by atoms with E-state index in [9.17, 15) is 14.0 Å². The number of halogens is 1. The Labute approximate surface area is 154 Å². The Bertz CT molecular complexity index is 585. The van der Waals surface area contributed by atoms with Gasteiger partial charge in [0, 0.05) is 6.54 Å². The van der Waals surface area contributed by atoms with Crippen molar-refractivity contribution >= 4 is 11.9 Å². The molecule has 4 N–H and O–H groups in total. The Morgan fingerprint density at radius 2 is 1.81 bits per heavy atom. The minimum absolute atomic E-state index is 0.161. The summed E-state index contributed by atoms with van der Waals surface area (Å²) >= 11 is 0. The standard InChI is InChI=1S/C19H30FN3O3/c1-19(2,3)26-18(25)15(21)9-10-16(22-4)17(24)23-12-11-13-5-7-14(20)8-6-13/h5-8,15-16,22H,9-12,21H2,1-4H3,(H,23,24)/t15?,16-/m0/s1. The number of rotatable bonds is 9. The van der Waals surface area contributed by atoms with Crippen LogP contribution in [0.4, 0.5) is 4.39 Å². The zero-order valence-electron chi connectivity index (χ0n) is 16.0. The average Bonchev–Trinajstić information content (AvgIpc) is 2.55. The molecule has 0 aliphatic rings. The van der Waals surface area contributed by atoms with Gasteiger partial charge in [0.15, 0.2) is 0 Å². The summed E-state index contributed by atoms with van der Waals surface area (Å²) < 4.78 is 18.1. The van der Waals surface area contributed by atoms with Gasteiger partial charge in [-0.15, -0.1) is 0 Å². The number of nitrogens with two attached hydrogens (primary N) is 1. The van der Waals surface area contributed by atoms with Crippen LogP contribution in [0.25, 0.3) is 0 Å². The predicted molar refractivity (Wildman–Crippen MR) is 99.0 cm³/mol. The summed E-state index contributed by atoms with van der Waals surface area (Å²) in [4.78, 5) is 24.1. The lowest BCUT2D eigenvalue weighted by Crippen LogP contribution is -2.45. The molecule has 0 saturated carbocycles. The van der Waals surface area contributed by atoms with Gasteiger partial charge in [0.25, 0.3) is 0 Å². The molecule has 0 radical (unpaired) electrons. The van der Waals surface area contributed by atoms with E-state index in [1.165, 1.54) is 12.1 Å². The SMILES string of the molecule is CN[C@@H](CCC(N)C(=O)OC(C)(C)C)C(=O)NCCc1ccc(F)cc1. The predicted octanol–water partition coefficient (Wildman–Crippen LogP) is 1.52. The molecule has 0 heterocycles. The number of hydrogen-bond donors (Lipinski definition) is 3. The highest BCUT2D eigenvalue weighted by Crippen LogP contribution is 2.10. The van der Waals surface area contributed by atoms with E-state index in [2.05, 4.69) is 10.6 Å². The topological polar surface area (TPSA) is 93.4 Å². The maximum absolute atomic E-state index is 12.9. The quantitative estimate of drug-likeness (QED) is 0.576. The number of likely N-dealkylation sites (N-methyl/N-ethyl adjacent to an activating group) is 1. The third-order valence-corrected chi connectivity index (χ3v) is 3.77. The number of benzene rings is 1. The van der Waals surface area contributed by atoms with E-state index in [0.29, 0.717) is 25.8 Å². The molecular weight excluding hydrogens is 337 g/mol. The second-order valence-electron chi connectivity index (χ2n) is 7.23. The van der Waals surface area contributed by atoms with Gasteiger partial charge in [0.05, 0.1) is 6.04 Å². The first-order valence-corrected chi connectivity index (χ1v) is 8.80. The monoisotopic (exact) mass is 367 g/mol. The van der Waals surface area contributed by atoms with E-state index in [4.69, 9.17) is 10.5 Å². The van der Waals surface area contributed by atoms with Crippen LogP contribution in [0.2, 0.25) is 0 Å². The zero-order chi connectivity index (χ0) is 19.7. The Morgan fingerprint density at radius 1 is 1.19 bits per heavy atom. The fourth-order valence-electron chi connectivity index (χ4n) is 2.35. The molecule has 0 fully saturated rings. The van der Waals surface area contributed by atoms with Crippen LogP contribution >= 0.6 is 0 Å². The molecule has 1 unspecified atom stereocenters. The lowest BCUT2D eigenvalue weighted by Gasteiger charge is -2.23. The minimum Gasteiger partial charge on any atom is -0.459 e. The maximum Gasteiger partial charge on any atom is 0.323 e. The summed E-state index contributed by atoms with van der Waals surface area (Å²) in [6.07, 6.45) is 1.37. The van der Waals surface area contributed by atoms with Gasteiger partial charge in [-0.25, -0.2) is 4.39 Å². The maximum atomic E-state index is 12.9. The molecule has 1 amide bonds. The number of ether oxygens (including phenoxy) is 1. The number of amides is 1. The molecule has 7 heteroatoms. The Kier molecular flexibility index (Phi) is 8.68. The van der Waals surface area contributed by atoms with Crippen LogP contribution < -0.4 is 16.4 Å². The minimum atomic E-state index is -0.767. The van der Waals surface area contributed by atoms with Gasteiger partial charge in [-0.05, 0) is 64.8 Å². The van der Waals surface area contributed by atoms with Crippen LogP contribution in [0.5, 0.6) is 0 Å². The fourth-order valence-corrected chi connectivity index (χ4v) is 2.35. The van der Waals surface area contributed by atoms with Gasteiger partial charge in [-0.1, -0.05) is 12.1 Å². The molecule has 0 bridgehead atoms. The molecule has 1 rings (SSSR count).